The maximum Gasteiger partial charge on any atom is 0.239 e. The van der Waals surface area contributed by atoms with Gasteiger partial charge in [-0.05, 0) is 17.5 Å². The number of carbonyl (C=O) groups is 1. The Morgan fingerprint density at radius 2 is 2.12 bits per heavy atom. The van der Waals surface area contributed by atoms with Gasteiger partial charge in [0.2, 0.25) is 5.91 Å². The van der Waals surface area contributed by atoms with E-state index in [9.17, 15) is 4.79 Å². The Labute approximate surface area is 95.2 Å². The Balaban J connectivity index is 2.06. The molecule has 1 aromatic rings. The molecule has 1 aliphatic rings. The van der Waals surface area contributed by atoms with Gasteiger partial charge < -0.3 is 16.4 Å². The maximum absolute atomic E-state index is 11.6. The predicted octanol–water partition coefficient (Wildman–Crippen LogP) is 0.205. The highest BCUT2D eigenvalue weighted by atomic mass is 16.2. The van der Waals surface area contributed by atoms with E-state index in [1.807, 2.05) is 24.3 Å². The van der Waals surface area contributed by atoms with Crippen molar-refractivity contribution in [1.82, 2.24) is 4.90 Å². The van der Waals surface area contributed by atoms with Gasteiger partial charge in [0, 0.05) is 19.6 Å². The molecule has 1 heterocycles. The van der Waals surface area contributed by atoms with Crippen LogP contribution in [0.3, 0.4) is 0 Å². The summed E-state index contributed by atoms with van der Waals surface area (Å²) in [4.78, 5) is 13.4. The molecule has 1 saturated heterocycles. The monoisotopic (exact) mass is 219 g/mol. The van der Waals surface area contributed by atoms with Crippen LogP contribution in [0.5, 0.6) is 0 Å². The number of likely N-dealkylation sites (tertiary alicyclic amines) is 1. The Hall–Kier alpha value is -1.39. The zero-order chi connectivity index (χ0) is 11.5. The van der Waals surface area contributed by atoms with Crippen molar-refractivity contribution in [2.45, 2.75) is 25.6 Å². The second-order valence-electron chi connectivity index (χ2n) is 4.18. The first-order valence-corrected chi connectivity index (χ1v) is 5.53. The summed E-state index contributed by atoms with van der Waals surface area (Å²) in [5.41, 5.74) is 13.5. The van der Waals surface area contributed by atoms with Gasteiger partial charge in [-0.25, -0.2) is 0 Å². The number of hydrogen-bond acceptors (Lipinski definition) is 3. The van der Waals surface area contributed by atoms with Crippen molar-refractivity contribution in [2.75, 3.05) is 6.54 Å². The van der Waals surface area contributed by atoms with Gasteiger partial charge in [0.25, 0.3) is 0 Å². The molecule has 1 fully saturated rings. The Kier molecular flexibility index (Phi) is 3.22. The van der Waals surface area contributed by atoms with Crippen molar-refractivity contribution >= 4 is 5.91 Å². The van der Waals surface area contributed by atoms with E-state index < -0.39 is 0 Å². The average molecular weight is 219 g/mol. The number of nitrogens with two attached hydrogens (primary N) is 2. The highest BCUT2D eigenvalue weighted by Gasteiger charge is 2.28. The SMILES string of the molecule is NCc1cccc(CN2CC[C@H](N)C2=O)c1. The van der Waals surface area contributed by atoms with E-state index in [-0.39, 0.29) is 11.9 Å². The fraction of sp³-hybridized carbons (Fsp3) is 0.417. The molecule has 4 N–H and O–H groups in total. The summed E-state index contributed by atoms with van der Waals surface area (Å²) >= 11 is 0. The average Bonchev–Trinajstić information content (AvgIpc) is 2.61. The lowest BCUT2D eigenvalue weighted by atomic mass is 10.1. The largest absolute Gasteiger partial charge is 0.337 e. The van der Waals surface area contributed by atoms with Gasteiger partial charge in [0.05, 0.1) is 6.04 Å². The minimum absolute atomic E-state index is 0.0538. The zero-order valence-electron chi connectivity index (χ0n) is 9.23. The van der Waals surface area contributed by atoms with E-state index in [2.05, 4.69) is 0 Å². The van der Waals surface area contributed by atoms with E-state index in [0.717, 1.165) is 24.1 Å². The molecule has 1 aliphatic heterocycles. The van der Waals surface area contributed by atoms with Crippen LogP contribution in [0.25, 0.3) is 0 Å². The lowest BCUT2D eigenvalue weighted by Crippen LogP contribution is -2.33. The van der Waals surface area contributed by atoms with E-state index in [1.54, 1.807) is 4.90 Å². The van der Waals surface area contributed by atoms with Crippen LogP contribution in [0.1, 0.15) is 17.5 Å². The summed E-state index contributed by atoms with van der Waals surface area (Å²) in [6.07, 6.45) is 0.759. The smallest absolute Gasteiger partial charge is 0.239 e. The van der Waals surface area contributed by atoms with Crippen molar-refractivity contribution in [3.05, 3.63) is 35.4 Å². The third-order valence-electron chi connectivity index (χ3n) is 2.94. The summed E-state index contributed by atoms with van der Waals surface area (Å²) in [6.45, 7) is 1.93. The van der Waals surface area contributed by atoms with Gasteiger partial charge in [-0.15, -0.1) is 0 Å². The molecule has 1 atom stereocenters. The molecular weight excluding hydrogens is 202 g/mol. The normalized spacial score (nSPS) is 20.5. The first-order valence-electron chi connectivity index (χ1n) is 5.53. The summed E-state index contributed by atoms with van der Waals surface area (Å²) in [5, 5.41) is 0. The quantitative estimate of drug-likeness (QED) is 0.763. The van der Waals surface area contributed by atoms with Crippen molar-refractivity contribution in [1.29, 1.82) is 0 Å². The number of amides is 1. The fourth-order valence-electron chi connectivity index (χ4n) is 2.00. The second kappa shape index (κ2) is 4.63. The third-order valence-corrected chi connectivity index (χ3v) is 2.94. The lowest BCUT2D eigenvalue weighted by Gasteiger charge is -2.16. The topological polar surface area (TPSA) is 72.3 Å². The molecule has 0 bridgehead atoms. The molecule has 0 spiro atoms. The number of carbonyl (C=O) groups excluding carboxylic acids is 1. The van der Waals surface area contributed by atoms with Crippen molar-refractivity contribution in [3.8, 4) is 0 Å². The number of benzene rings is 1. The van der Waals surface area contributed by atoms with Crippen LogP contribution in [-0.2, 0) is 17.9 Å². The van der Waals surface area contributed by atoms with Crippen molar-refractivity contribution in [3.63, 3.8) is 0 Å². The third kappa shape index (κ3) is 2.23. The van der Waals surface area contributed by atoms with Gasteiger partial charge >= 0.3 is 0 Å². The molecular formula is C12H17N3O. The Morgan fingerprint density at radius 3 is 2.75 bits per heavy atom. The van der Waals surface area contributed by atoms with E-state index in [1.165, 1.54) is 0 Å². The summed E-state index contributed by atoms with van der Waals surface area (Å²) in [7, 11) is 0. The van der Waals surface area contributed by atoms with Crippen LogP contribution < -0.4 is 11.5 Å². The van der Waals surface area contributed by atoms with Crippen LogP contribution in [0.2, 0.25) is 0 Å². The summed E-state index contributed by atoms with van der Waals surface area (Å²) in [6, 6.07) is 7.70. The highest BCUT2D eigenvalue weighted by molar-refractivity contribution is 5.83. The van der Waals surface area contributed by atoms with Gasteiger partial charge in [0.15, 0.2) is 0 Å². The van der Waals surface area contributed by atoms with Crippen LogP contribution in [0.15, 0.2) is 24.3 Å². The van der Waals surface area contributed by atoms with Crippen molar-refractivity contribution < 1.29 is 4.79 Å². The number of nitrogens with zero attached hydrogens (tertiary/aromatic N) is 1. The molecule has 1 aromatic carbocycles. The van der Waals surface area contributed by atoms with Crippen LogP contribution >= 0.6 is 0 Å². The van der Waals surface area contributed by atoms with Gasteiger partial charge in [0.1, 0.15) is 0 Å². The predicted molar refractivity (Wildman–Crippen MR) is 62.3 cm³/mol. The number of rotatable bonds is 3. The molecule has 4 heteroatoms. The fourth-order valence-corrected chi connectivity index (χ4v) is 2.00. The standard InChI is InChI=1S/C12H17N3O/c13-7-9-2-1-3-10(6-9)8-15-5-4-11(14)12(15)16/h1-3,6,11H,4-5,7-8,13-14H2/t11-/m0/s1. The zero-order valence-corrected chi connectivity index (χ0v) is 9.23. The Bertz CT molecular complexity index is 392. The summed E-state index contributed by atoms with van der Waals surface area (Å²) < 4.78 is 0. The van der Waals surface area contributed by atoms with Gasteiger partial charge in [-0.1, -0.05) is 24.3 Å². The van der Waals surface area contributed by atoms with Crippen molar-refractivity contribution in [2.24, 2.45) is 11.5 Å². The molecule has 1 amide bonds. The van der Waals surface area contributed by atoms with Crippen LogP contribution in [0.4, 0.5) is 0 Å². The van der Waals surface area contributed by atoms with E-state index >= 15 is 0 Å². The molecule has 16 heavy (non-hydrogen) atoms. The van der Waals surface area contributed by atoms with Crippen LogP contribution in [0, 0.1) is 0 Å². The minimum atomic E-state index is -0.308. The molecule has 0 unspecified atom stereocenters. The molecule has 86 valence electrons. The first-order chi connectivity index (χ1) is 7.70. The second-order valence-corrected chi connectivity index (χ2v) is 4.18. The van der Waals surface area contributed by atoms with Crippen LogP contribution in [-0.4, -0.2) is 23.4 Å². The molecule has 0 radical (unpaired) electrons. The van der Waals surface area contributed by atoms with E-state index in [4.69, 9.17) is 11.5 Å². The molecule has 4 nitrogen and oxygen atoms in total. The molecule has 2 rings (SSSR count). The molecule has 0 aromatic heterocycles. The minimum Gasteiger partial charge on any atom is -0.337 e. The van der Waals surface area contributed by atoms with Gasteiger partial charge in [-0.2, -0.15) is 0 Å². The van der Waals surface area contributed by atoms with E-state index in [0.29, 0.717) is 13.1 Å². The molecule has 0 saturated carbocycles. The molecule has 0 aliphatic carbocycles. The Morgan fingerprint density at radius 1 is 1.38 bits per heavy atom. The highest BCUT2D eigenvalue weighted by Crippen LogP contribution is 2.14. The lowest BCUT2D eigenvalue weighted by molar-refractivity contribution is -0.129. The number of hydrogen-bond donors (Lipinski definition) is 2. The van der Waals surface area contributed by atoms with Gasteiger partial charge in [-0.3, -0.25) is 4.79 Å². The summed E-state index contributed by atoms with van der Waals surface area (Å²) in [5.74, 6) is 0.0538. The first kappa shape index (κ1) is 11.1. The maximum atomic E-state index is 11.6.